The third-order valence-electron chi connectivity index (χ3n) is 3.54. The normalized spacial score (nSPS) is 18.3. The Kier molecular flexibility index (Phi) is 5.82. The Hall–Kier alpha value is -1.33. The summed E-state index contributed by atoms with van der Waals surface area (Å²) in [5.41, 5.74) is 0.300. The van der Waals surface area contributed by atoms with Crippen molar-refractivity contribution in [2.75, 3.05) is 38.7 Å². The minimum Gasteiger partial charge on any atom is -0.381 e. The van der Waals surface area contributed by atoms with Gasteiger partial charge in [-0.1, -0.05) is 11.6 Å². The lowest BCUT2D eigenvalue weighted by atomic mass is 10.0. The second kappa shape index (κ2) is 7.61. The van der Waals surface area contributed by atoms with Gasteiger partial charge in [0, 0.05) is 26.7 Å². The number of carbonyl (C=O) groups excluding carboxylic acids is 1. The molecule has 1 aliphatic rings. The molecule has 116 valence electrons. The summed E-state index contributed by atoms with van der Waals surface area (Å²) in [7, 11) is 1.79. The summed E-state index contributed by atoms with van der Waals surface area (Å²) in [6, 6.07) is 3.48. The molecule has 1 saturated heterocycles. The largest absolute Gasteiger partial charge is 0.381 e. The minimum atomic E-state index is -0.148. The van der Waals surface area contributed by atoms with Crippen LogP contribution in [0.1, 0.15) is 30.3 Å². The van der Waals surface area contributed by atoms with Gasteiger partial charge < -0.3 is 15.0 Å². The topological polar surface area (TPSA) is 54.5 Å². The molecule has 1 amide bonds. The highest BCUT2D eigenvalue weighted by atomic mass is 35.5. The van der Waals surface area contributed by atoms with Gasteiger partial charge in [0.2, 0.25) is 0 Å². The molecular formula is C15H22ClN3O2. The van der Waals surface area contributed by atoms with Crippen molar-refractivity contribution < 1.29 is 9.53 Å². The first-order chi connectivity index (χ1) is 10.1. The second-order valence-electron chi connectivity index (χ2n) is 5.33. The number of rotatable bonds is 5. The van der Waals surface area contributed by atoms with Crippen LogP contribution in [0, 0.1) is 5.92 Å². The van der Waals surface area contributed by atoms with Crippen molar-refractivity contribution >= 4 is 23.3 Å². The summed E-state index contributed by atoms with van der Waals surface area (Å²) >= 11 is 6.12. The van der Waals surface area contributed by atoms with E-state index in [4.69, 9.17) is 16.3 Å². The Morgan fingerprint density at radius 3 is 3.05 bits per heavy atom. The lowest BCUT2D eigenvalue weighted by Gasteiger charge is -2.27. The Labute approximate surface area is 130 Å². The van der Waals surface area contributed by atoms with Gasteiger partial charge in [-0.2, -0.15) is 0 Å². The van der Waals surface area contributed by atoms with E-state index >= 15 is 0 Å². The molecule has 0 bridgehead atoms. The third-order valence-corrected chi connectivity index (χ3v) is 3.84. The van der Waals surface area contributed by atoms with E-state index in [1.54, 1.807) is 24.1 Å². The average Bonchev–Trinajstić information content (AvgIpc) is 2.50. The molecule has 21 heavy (non-hydrogen) atoms. The van der Waals surface area contributed by atoms with Crippen LogP contribution in [0.3, 0.4) is 0 Å². The molecule has 1 aromatic heterocycles. The molecule has 2 heterocycles. The van der Waals surface area contributed by atoms with Gasteiger partial charge in [-0.25, -0.2) is 4.98 Å². The number of nitrogens with zero attached hydrogens (tertiary/aromatic N) is 2. The van der Waals surface area contributed by atoms with E-state index < -0.39 is 0 Å². The van der Waals surface area contributed by atoms with Crippen LogP contribution in [0.2, 0.25) is 5.02 Å². The molecule has 2 rings (SSSR count). The number of halogens is 1. The zero-order valence-electron chi connectivity index (χ0n) is 12.6. The Morgan fingerprint density at radius 2 is 2.38 bits per heavy atom. The second-order valence-corrected chi connectivity index (χ2v) is 5.73. The third kappa shape index (κ3) is 4.32. The predicted octanol–water partition coefficient (Wildman–Crippen LogP) is 2.67. The van der Waals surface area contributed by atoms with E-state index in [1.807, 2.05) is 6.92 Å². The van der Waals surface area contributed by atoms with Gasteiger partial charge in [0.15, 0.2) is 0 Å². The zero-order chi connectivity index (χ0) is 15.2. The number of amides is 1. The van der Waals surface area contributed by atoms with Gasteiger partial charge in [0.05, 0.1) is 11.6 Å². The molecule has 1 N–H and O–H groups in total. The van der Waals surface area contributed by atoms with E-state index in [-0.39, 0.29) is 5.91 Å². The van der Waals surface area contributed by atoms with Gasteiger partial charge >= 0.3 is 0 Å². The number of ether oxygens (including phenoxy) is 1. The number of hydrogen-bond acceptors (Lipinski definition) is 4. The predicted molar refractivity (Wildman–Crippen MR) is 83.9 cm³/mol. The Morgan fingerprint density at radius 1 is 1.57 bits per heavy atom. The van der Waals surface area contributed by atoms with Crippen molar-refractivity contribution in [3.63, 3.8) is 0 Å². The van der Waals surface area contributed by atoms with Gasteiger partial charge in [0.25, 0.3) is 5.91 Å². The molecule has 1 aliphatic heterocycles. The average molecular weight is 312 g/mol. The molecule has 1 unspecified atom stereocenters. The molecule has 0 aromatic carbocycles. The van der Waals surface area contributed by atoms with Crippen LogP contribution in [0.25, 0.3) is 0 Å². The molecule has 1 aromatic rings. The van der Waals surface area contributed by atoms with Crippen LogP contribution in [0.4, 0.5) is 5.82 Å². The van der Waals surface area contributed by atoms with Gasteiger partial charge in [-0.05, 0) is 37.8 Å². The van der Waals surface area contributed by atoms with Crippen molar-refractivity contribution in [2.45, 2.75) is 19.8 Å². The van der Waals surface area contributed by atoms with E-state index in [2.05, 4.69) is 10.3 Å². The number of nitrogens with one attached hydrogen (secondary N) is 1. The van der Waals surface area contributed by atoms with Crippen LogP contribution in [0.15, 0.2) is 12.1 Å². The molecule has 0 spiro atoms. The summed E-state index contributed by atoms with van der Waals surface area (Å²) in [5.74, 6) is 0.911. The number of hydrogen-bond donors (Lipinski definition) is 1. The van der Waals surface area contributed by atoms with Crippen molar-refractivity contribution in [2.24, 2.45) is 5.92 Å². The fourth-order valence-electron chi connectivity index (χ4n) is 2.47. The standard InChI is InChI=1S/C15H22ClN3O2/c1-3-17-13-7-6-12(16)14(18-13)15(20)19(2)9-11-5-4-8-21-10-11/h6-7,11H,3-5,8-10H2,1-2H3,(H,17,18). The highest BCUT2D eigenvalue weighted by Gasteiger charge is 2.22. The monoisotopic (exact) mass is 311 g/mol. The Bertz CT molecular complexity index is 490. The minimum absolute atomic E-state index is 0.148. The molecule has 5 nitrogen and oxygen atoms in total. The highest BCUT2D eigenvalue weighted by Crippen LogP contribution is 2.20. The molecule has 0 saturated carbocycles. The summed E-state index contributed by atoms with van der Waals surface area (Å²) in [5, 5.41) is 3.47. The lowest BCUT2D eigenvalue weighted by molar-refractivity contribution is 0.0387. The zero-order valence-corrected chi connectivity index (χ0v) is 13.3. The maximum absolute atomic E-state index is 12.5. The van der Waals surface area contributed by atoms with E-state index in [1.165, 1.54) is 0 Å². The van der Waals surface area contributed by atoms with Crippen LogP contribution in [-0.2, 0) is 4.74 Å². The molecule has 0 radical (unpaired) electrons. The van der Waals surface area contributed by atoms with Crippen molar-refractivity contribution in [1.29, 1.82) is 0 Å². The van der Waals surface area contributed by atoms with E-state index in [0.29, 0.717) is 29.0 Å². The van der Waals surface area contributed by atoms with Crippen LogP contribution < -0.4 is 5.32 Å². The van der Waals surface area contributed by atoms with E-state index in [9.17, 15) is 4.79 Å². The van der Waals surface area contributed by atoms with Gasteiger partial charge in [0.1, 0.15) is 11.5 Å². The Balaban J connectivity index is 2.05. The fraction of sp³-hybridized carbons (Fsp3) is 0.600. The van der Waals surface area contributed by atoms with Gasteiger partial charge in [-0.3, -0.25) is 4.79 Å². The highest BCUT2D eigenvalue weighted by molar-refractivity contribution is 6.33. The van der Waals surface area contributed by atoms with E-state index in [0.717, 1.165) is 32.6 Å². The molecule has 0 aliphatic carbocycles. The van der Waals surface area contributed by atoms with Crippen LogP contribution >= 0.6 is 11.6 Å². The summed E-state index contributed by atoms with van der Waals surface area (Å²) < 4.78 is 5.45. The number of pyridine rings is 1. The summed E-state index contributed by atoms with van der Waals surface area (Å²) in [6.45, 7) is 4.94. The molecule has 1 atom stereocenters. The first-order valence-corrected chi connectivity index (χ1v) is 7.73. The number of anilines is 1. The van der Waals surface area contributed by atoms with Crippen LogP contribution in [-0.4, -0.2) is 49.1 Å². The number of carbonyl (C=O) groups is 1. The summed E-state index contributed by atoms with van der Waals surface area (Å²) in [6.07, 6.45) is 2.15. The van der Waals surface area contributed by atoms with Crippen LogP contribution in [0.5, 0.6) is 0 Å². The lowest BCUT2D eigenvalue weighted by Crippen LogP contribution is -2.35. The SMILES string of the molecule is CCNc1ccc(Cl)c(C(=O)N(C)CC2CCCOC2)n1. The quantitative estimate of drug-likeness (QED) is 0.908. The first kappa shape index (κ1) is 16.0. The first-order valence-electron chi connectivity index (χ1n) is 7.35. The van der Waals surface area contributed by atoms with Gasteiger partial charge in [-0.15, -0.1) is 0 Å². The maximum atomic E-state index is 12.5. The van der Waals surface area contributed by atoms with Crippen molar-refractivity contribution in [3.05, 3.63) is 22.8 Å². The molecule has 6 heteroatoms. The van der Waals surface area contributed by atoms with Crippen molar-refractivity contribution in [3.8, 4) is 0 Å². The van der Waals surface area contributed by atoms with Crippen molar-refractivity contribution in [1.82, 2.24) is 9.88 Å². The summed E-state index contributed by atoms with van der Waals surface area (Å²) in [4.78, 5) is 18.5. The molecular weight excluding hydrogens is 290 g/mol. The molecule has 1 fully saturated rings. The number of aromatic nitrogens is 1. The fourth-order valence-corrected chi connectivity index (χ4v) is 2.66. The smallest absolute Gasteiger partial charge is 0.273 e. The maximum Gasteiger partial charge on any atom is 0.273 e.